The zero-order chi connectivity index (χ0) is 22.0. The molecule has 0 saturated heterocycles. The van der Waals surface area contributed by atoms with Crippen LogP contribution in [0.1, 0.15) is 132 Å². The van der Waals surface area contributed by atoms with Gasteiger partial charge >= 0.3 is 0 Å². The van der Waals surface area contributed by atoms with Crippen molar-refractivity contribution in [1.29, 1.82) is 0 Å². The van der Waals surface area contributed by atoms with Crippen LogP contribution in [0.4, 0.5) is 0 Å². The normalized spacial score (nSPS) is 11.8. The van der Waals surface area contributed by atoms with Gasteiger partial charge < -0.3 is 0 Å². The van der Waals surface area contributed by atoms with Crippen LogP contribution in [-0.4, -0.2) is 0 Å². The lowest BCUT2D eigenvalue weighted by Gasteiger charge is -2.12. The van der Waals surface area contributed by atoms with Gasteiger partial charge in [-0.2, -0.15) is 0 Å². The van der Waals surface area contributed by atoms with Crippen LogP contribution in [0.2, 0.25) is 0 Å². The first kappa shape index (κ1) is 31.5. The van der Waals surface area contributed by atoms with E-state index in [2.05, 4.69) is 45.4 Å². The zero-order valence-electron chi connectivity index (χ0n) is 20.6. The van der Waals surface area contributed by atoms with Gasteiger partial charge in [0.2, 0.25) is 0 Å². The van der Waals surface area contributed by atoms with E-state index in [-0.39, 0.29) is 0 Å². The molecule has 0 heteroatoms. The maximum Gasteiger partial charge on any atom is 0.00207 e. The van der Waals surface area contributed by atoms with Crippen LogP contribution in [0.3, 0.4) is 0 Å². The molecule has 0 heterocycles. The topological polar surface area (TPSA) is 0 Å². The van der Waals surface area contributed by atoms with Crippen LogP contribution >= 0.6 is 0 Å². The van der Waals surface area contributed by atoms with E-state index in [0.29, 0.717) is 0 Å². The highest BCUT2D eigenvalue weighted by Gasteiger charge is 2.05. The van der Waals surface area contributed by atoms with Gasteiger partial charge in [-0.25, -0.2) is 0 Å². The van der Waals surface area contributed by atoms with Gasteiger partial charge in [0.25, 0.3) is 0 Å². The predicted octanol–water partition coefficient (Wildman–Crippen LogP) is 10.2. The molecule has 1 aliphatic rings. The number of unbranched alkanes of at least 4 members (excludes halogenated alkanes) is 6. The van der Waals surface area contributed by atoms with E-state index >= 15 is 0 Å². The van der Waals surface area contributed by atoms with Gasteiger partial charge in [-0.3, -0.25) is 0 Å². The molecule has 1 aliphatic carbocycles. The average Bonchev–Trinajstić information content (AvgIpc) is 2.77. The lowest BCUT2D eigenvalue weighted by atomic mass is 9.93. The Hall–Kier alpha value is -1.22. The van der Waals surface area contributed by atoms with Crippen LogP contribution < -0.4 is 0 Å². The van der Waals surface area contributed by atoms with Gasteiger partial charge in [0.05, 0.1) is 0 Å². The minimum atomic E-state index is 1.05. The van der Waals surface area contributed by atoms with Crippen molar-refractivity contribution < 1.29 is 0 Å². The summed E-state index contributed by atoms with van der Waals surface area (Å²) in [6.45, 7) is 18.9. The highest BCUT2D eigenvalue weighted by atomic mass is 14.1. The number of hydrogen-bond acceptors (Lipinski definition) is 0. The molecular weight excluding hydrogens is 336 g/mol. The maximum atomic E-state index is 5.36. The quantitative estimate of drug-likeness (QED) is 0.187. The van der Waals surface area contributed by atoms with Gasteiger partial charge in [-0.1, -0.05) is 129 Å². The molecule has 0 bridgehead atoms. The summed E-state index contributed by atoms with van der Waals surface area (Å²) in [5, 5.41) is 0. The SMILES string of the molecule is C#CC1=CC=C(CCC(=C)CCCC)CC1.CC.CC.CCCCCCCC. The highest BCUT2D eigenvalue weighted by molar-refractivity contribution is 5.34. The fraction of sp³-hybridized carbons (Fsp3) is 0.714. The summed E-state index contributed by atoms with van der Waals surface area (Å²) in [5.41, 5.74) is 4.06. The lowest BCUT2D eigenvalue weighted by molar-refractivity contribution is 0.624. The fourth-order valence-corrected chi connectivity index (χ4v) is 2.75. The van der Waals surface area contributed by atoms with Crippen molar-refractivity contribution >= 4 is 0 Å². The van der Waals surface area contributed by atoms with Crippen LogP contribution in [0.15, 0.2) is 35.5 Å². The molecule has 0 nitrogen and oxygen atoms in total. The molecule has 0 N–H and O–H groups in total. The van der Waals surface area contributed by atoms with E-state index in [1.165, 1.54) is 68.9 Å². The second-order valence-electron chi connectivity index (χ2n) is 6.93. The fourth-order valence-electron chi connectivity index (χ4n) is 2.75. The van der Waals surface area contributed by atoms with Gasteiger partial charge in [0.15, 0.2) is 0 Å². The molecule has 0 aliphatic heterocycles. The summed E-state index contributed by atoms with van der Waals surface area (Å²) in [6, 6.07) is 0. The Morgan fingerprint density at radius 2 is 1.36 bits per heavy atom. The average molecular weight is 389 g/mol. The molecule has 0 amide bonds. The van der Waals surface area contributed by atoms with Crippen molar-refractivity contribution in [3.05, 3.63) is 35.5 Å². The van der Waals surface area contributed by atoms with Crippen molar-refractivity contribution in [2.45, 2.75) is 132 Å². The molecule has 0 aromatic rings. The van der Waals surface area contributed by atoms with Crippen molar-refractivity contribution in [2.24, 2.45) is 0 Å². The molecule has 0 aromatic heterocycles. The summed E-state index contributed by atoms with van der Waals surface area (Å²) in [7, 11) is 0. The van der Waals surface area contributed by atoms with Crippen LogP contribution in [0, 0.1) is 12.3 Å². The van der Waals surface area contributed by atoms with Crippen LogP contribution in [0.25, 0.3) is 0 Å². The molecular formula is C28H52. The standard InChI is InChI=1S/C16H22.C8H18.2C2H6/c1-4-6-7-14(3)8-9-16-12-10-15(5-2)11-13-16;1-3-5-7-8-6-4-2;2*1-2/h2,10,12H,3-4,6-9,11,13H2,1H3;3-8H2,1-2H3;2*1-2H3. The molecule has 0 aromatic carbocycles. The number of allylic oxidation sites excluding steroid dienone is 5. The third kappa shape index (κ3) is 22.8. The minimum Gasteiger partial charge on any atom is -0.115 e. The van der Waals surface area contributed by atoms with Crippen molar-refractivity contribution in [3.63, 3.8) is 0 Å². The first-order chi connectivity index (χ1) is 13.7. The first-order valence-corrected chi connectivity index (χ1v) is 12.2. The molecule has 0 saturated carbocycles. The lowest BCUT2D eigenvalue weighted by Crippen LogP contribution is -1.93. The molecule has 28 heavy (non-hydrogen) atoms. The van der Waals surface area contributed by atoms with E-state index < -0.39 is 0 Å². The Labute approximate surface area is 180 Å². The Bertz CT molecular complexity index is 408. The van der Waals surface area contributed by atoms with Gasteiger partial charge in [0.1, 0.15) is 0 Å². The Kier molecular flexibility index (Phi) is 31.5. The predicted molar refractivity (Wildman–Crippen MR) is 134 cm³/mol. The summed E-state index contributed by atoms with van der Waals surface area (Å²) < 4.78 is 0. The Balaban J connectivity index is -0.000000440. The number of hydrogen-bond donors (Lipinski definition) is 0. The van der Waals surface area contributed by atoms with Crippen LogP contribution in [0.5, 0.6) is 0 Å². The largest absolute Gasteiger partial charge is 0.115 e. The van der Waals surface area contributed by atoms with E-state index in [9.17, 15) is 0 Å². The van der Waals surface area contributed by atoms with Gasteiger partial charge in [-0.05, 0) is 38.5 Å². The van der Waals surface area contributed by atoms with Crippen LogP contribution in [-0.2, 0) is 0 Å². The molecule has 0 fully saturated rings. The number of terminal acetylenes is 1. The van der Waals surface area contributed by atoms with Crippen molar-refractivity contribution in [3.8, 4) is 12.3 Å². The van der Waals surface area contributed by atoms with E-state index in [4.69, 9.17) is 6.42 Å². The Morgan fingerprint density at radius 3 is 1.75 bits per heavy atom. The number of rotatable bonds is 11. The first-order valence-electron chi connectivity index (χ1n) is 12.2. The summed E-state index contributed by atoms with van der Waals surface area (Å²) >= 11 is 0. The van der Waals surface area contributed by atoms with E-state index in [0.717, 1.165) is 31.3 Å². The monoisotopic (exact) mass is 388 g/mol. The molecule has 0 unspecified atom stereocenters. The van der Waals surface area contributed by atoms with Crippen molar-refractivity contribution in [2.75, 3.05) is 0 Å². The molecule has 0 atom stereocenters. The third-order valence-electron chi connectivity index (χ3n) is 4.56. The smallest absolute Gasteiger partial charge is 0.00207 e. The second-order valence-corrected chi connectivity index (χ2v) is 6.93. The van der Waals surface area contributed by atoms with Gasteiger partial charge in [-0.15, -0.1) is 6.42 Å². The van der Waals surface area contributed by atoms with Gasteiger partial charge in [0, 0.05) is 5.57 Å². The highest BCUT2D eigenvalue weighted by Crippen LogP contribution is 2.23. The zero-order valence-corrected chi connectivity index (χ0v) is 20.6. The van der Waals surface area contributed by atoms with Crippen molar-refractivity contribution in [1.82, 2.24) is 0 Å². The molecule has 0 radical (unpaired) electrons. The van der Waals surface area contributed by atoms with E-state index in [1.54, 1.807) is 0 Å². The Morgan fingerprint density at radius 1 is 0.821 bits per heavy atom. The van der Waals surface area contributed by atoms with E-state index in [1.807, 2.05) is 27.7 Å². The summed E-state index contributed by atoms with van der Waals surface area (Å²) in [6.07, 6.45) is 26.4. The summed E-state index contributed by atoms with van der Waals surface area (Å²) in [4.78, 5) is 0. The maximum absolute atomic E-state index is 5.36. The molecule has 164 valence electrons. The second kappa shape index (κ2) is 28.0. The third-order valence-corrected chi connectivity index (χ3v) is 4.56. The minimum absolute atomic E-state index is 1.05. The molecule has 1 rings (SSSR count). The summed E-state index contributed by atoms with van der Waals surface area (Å²) in [5.74, 6) is 2.72. The molecule has 0 spiro atoms.